The second-order valence-electron chi connectivity index (χ2n) is 9.31. The number of carbonyl (C=O) groups excluding carboxylic acids is 2. The Morgan fingerprint density at radius 2 is 1.77 bits per heavy atom. The normalized spacial score (nSPS) is 20.5. The van der Waals surface area contributed by atoms with Gasteiger partial charge in [0.2, 0.25) is 0 Å². The number of ether oxygens (including phenoxy) is 2. The Balaban J connectivity index is 1.59. The van der Waals surface area contributed by atoms with Crippen molar-refractivity contribution in [3.63, 3.8) is 0 Å². The highest BCUT2D eigenvalue weighted by molar-refractivity contribution is 6.46. The zero-order chi connectivity index (χ0) is 24.8. The molecule has 0 saturated carbocycles. The second kappa shape index (κ2) is 11.5. The molecule has 0 spiro atoms. The number of rotatable bonds is 9. The van der Waals surface area contributed by atoms with Crippen LogP contribution in [0.25, 0.3) is 5.76 Å². The van der Waals surface area contributed by atoms with Crippen molar-refractivity contribution in [3.8, 4) is 5.75 Å². The lowest BCUT2D eigenvalue weighted by Crippen LogP contribution is -2.38. The van der Waals surface area contributed by atoms with Crippen molar-refractivity contribution in [1.29, 1.82) is 0 Å². The maximum absolute atomic E-state index is 13.1. The smallest absolute Gasteiger partial charge is 0.295 e. The molecule has 1 N–H and O–H groups in total. The molecular formula is C27H33N3O5. The molecule has 35 heavy (non-hydrogen) atoms. The molecule has 4 rings (SSSR count). The average molecular weight is 480 g/mol. The molecule has 1 aromatic heterocycles. The first-order valence-corrected chi connectivity index (χ1v) is 12.2. The van der Waals surface area contributed by atoms with Crippen LogP contribution in [0, 0.1) is 5.92 Å². The van der Waals surface area contributed by atoms with Gasteiger partial charge in [0.25, 0.3) is 11.7 Å². The number of Topliss-reactive ketones (excluding diaryl/α,β-unsaturated/α-hetero) is 1. The third kappa shape index (κ3) is 5.89. The van der Waals surface area contributed by atoms with Crippen LogP contribution in [0.5, 0.6) is 5.75 Å². The third-order valence-corrected chi connectivity index (χ3v) is 6.25. The van der Waals surface area contributed by atoms with E-state index in [0.717, 1.165) is 31.6 Å². The number of benzene rings is 1. The number of amides is 1. The molecular weight excluding hydrogens is 446 g/mol. The molecule has 2 fully saturated rings. The van der Waals surface area contributed by atoms with Crippen molar-refractivity contribution < 1.29 is 24.2 Å². The number of aliphatic hydroxyl groups excluding tert-OH is 1. The van der Waals surface area contributed by atoms with Gasteiger partial charge < -0.3 is 19.5 Å². The zero-order valence-corrected chi connectivity index (χ0v) is 20.4. The maximum atomic E-state index is 13.1. The minimum atomic E-state index is -0.671. The maximum Gasteiger partial charge on any atom is 0.295 e. The van der Waals surface area contributed by atoms with Crippen LogP contribution < -0.4 is 4.74 Å². The summed E-state index contributed by atoms with van der Waals surface area (Å²) in [5, 5.41) is 11.2. The fraction of sp³-hybridized carbons (Fsp3) is 0.444. The van der Waals surface area contributed by atoms with Crippen LogP contribution in [0.2, 0.25) is 0 Å². The predicted octanol–water partition coefficient (Wildman–Crippen LogP) is 3.26. The highest BCUT2D eigenvalue weighted by atomic mass is 16.5. The summed E-state index contributed by atoms with van der Waals surface area (Å²) in [5.41, 5.74) is 1.31. The van der Waals surface area contributed by atoms with E-state index >= 15 is 0 Å². The molecule has 1 amide bonds. The number of ketones is 1. The van der Waals surface area contributed by atoms with E-state index in [1.54, 1.807) is 53.7 Å². The van der Waals surface area contributed by atoms with Gasteiger partial charge in [0.05, 0.1) is 31.4 Å². The predicted molar refractivity (Wildman–Crippen MR) is 132 cm³/mol. The summed E-state index contributed by atoms with van der Waals surface area (Å²) >= 11 is 0. The Bertz CT molecular complexity index is 1050. The largest absolute Gasteiger partial charge is 0.507 e. The monoisotopic (exact) mass is 479 g/mol. The van der Waals surface area contributed by atoms with Gasteiger partial charge in [-0.2, -0.15) is 0 Å². The molecule has 8 heteroatoms. The van der Waals surface area contributed by atoms with Crippen LogP contribution in [0.4, 0.5) is 0 Å². The van der Waals surface area contributed by atoms with Crippen molar-refractivity contribution >= 4 is 17.4 Å². The van der Waals surface area contributed by atoms with Gasteiger partial charge in [-0.25, -0.2) is 0 Å². The molecule has 0 radical (unpaired) electrons. The quantitative estimate of drug-likeness (QED) is 0.335. The molecule has 2 aromatic rings. The molecule has 2 aliphatic heterocycles. The summed E-state index contributed by atoms with van der Waals surface area (Å²) < 4.78 is 11.1. The minimum Gasteiger partial charge on any atom is -0.507 e. The first kappa shape index (κ1) is 24.9. The minimum absolute atomic E-state index is 0.100. The van der Waals surface area contributed by atoms with Crippen LogP contribution >= 0.6 is 0 Å². The molecule has 2 saturated heterocycles. The van der Waals surface area contributed by atoms with E-state index in [2.05, 4.69) is 23.7 Å². The van der Waals surface area contributed by atoms with E-state index in [0.29, 0.717) is 43.6 Å². The molecule has 186 valence electrons. The lowest BCUT2D eigenvalue weighted by atomic mass is 9.96. The van der Waals surface area contributed by atoms with E-state index in [9.17, 15) is 14.7 Å². The van der Waals surface area contributed by atoms with E-state index in [1.807, 2.05) is 0 Å². The van der Waals surface area contributed by atoms with Crippen molar-refractivity contribution in [2.24, 2.45) is 5.92 Å². The number of aliphatic hydroxyl groups is 1. The standard InChI is InChI=1S/C27H33N3O5/c1-19(2)18-35-22-6-4-21(5-7-22)25(31)23-24(20-8-10-28-11-9-20)30(27(33)26(23)32)13-3-12-29-14-16-34-17-15-29/h4-11,19,24,31H,3,12-18H2,1-2H3/b25-23+/t24-/m0/s1. The number of nitrogens with zero attached hydrogens (tertiary/aromatic N) is 3. The van der Waals surface area contributed by atoms with Crippen LogP contribution in [0.15, 0.2) is 54.4 Å². The second-order valence-corrected chi connectivity index (χ2v) is 9.31. The van der Waals surface area contributed by atoms with Gasteiger partial charge in [-0.3, -0.25) is 19.5 Å². The fourth-order valence-electron chi connectivity index (χ4n) is 4.42. The Labute approximate surface area is 206 Å². The number of carbonyl (C=O) groups is 2. The average Bonchev–Trinajstić information content (AvgIpc) is 3.13. The summed E-state index contributed by atoms with van der Waals surface area (Å²) in [4.78, 5) is 34.2. The van der Waals surface area contributed by atoms with Gasteiger partial charge in [0, 0.05) is 44.1 Å². The van der Waals surface area contributed by atoms with Crippen molar-refractivity contribution in [2.45, 2.75) is 26.3 Å². The molecule has 1 aromatic carbocycles. The number of morpholine rings is 1. The van der Waals surface area contributed by atoms with Gasteiger partial charge in [-0.15, -0.1) is 0 Å². The number of hydrogen-bond acceptors (Lipinski definition) is 7. The van der Waals surface area contributed by atoms with Crippen LogP contribution in [0.3, 0.4) is 0 Å². The lowest BCUT2D eigenvalue weighted by Gasteiger charge is -2.29. The highest BCUT2D eigenvalue weighted by Crippen LogP contribution is 2.39. The molecule has 1 atom stereocenters. The number of pyridine rings is 1. The summed E-state index contributed by atoms with van der Waals surface area (Å²) in [6.07, 6.45) is 3.98. The third-order valence-electron chi connectivity index (χ3n) is 6.25. The first-order chi connectivity index (χ1) is 17.0. The summed E-state index contributed by atoms with van der Waals surface area (Å²) in [6, 6.07) is 9.83. The van der Waals surface area contributed by atoms with Crippen molar-refractivity contribution in [2.75, 3.05) is 46.0 Å². The van der Waals surface area contributed by atoms with E-state index in [4.69, 9.17) is 9.47 Å². The Kier molecular flexibility index (Phi) is 8.15. The first-order valence-electron chi connectivity index (χ1n) is 12.2. The summed E-state index contributed by atoms with van der Waals surface area (Å²) in [5.74, 6) is -0.369. The molecule has 0 aliphatic carbocycles. The van der Waals surface area contributed by atoms with Crippen LogP contribution in [-0.4, -0.2) is 77.6 Å². The van der Waals surface area contributed by atoms with E-state index in [-0.39, 0.29) is 11.3 Å². The van der Waals surface area contributed by atoms with Crippen molar-refractivity contribution in [3.05, 3.63) is 65.5 Å². The highest BCUT2D eigenvalue weighted by Gasteiger charge is 2.45. The topological polar surface area (TPSA) is 92.2 Å². The Morgan fingerprint density at radius 3 is 2.43 bits per heavy atom. The molecule has 2 aliphatic rings. The fourth-order valence-corrected chi connectivity index (χ4v) is 4.42. The van der Waals surface area contributed by atoms with Gasteiger partial charge in [0.15, 0.2) is 0 Å². The number of likely N-dealkylation sites (tertiary alicyclic amines) is 1. The zero-order valence-electron chi connectivity index (χ0n) is 20.4. The van der Waals surface area contributed by atoms with Crippen molar-refractivity contribution in [1.82, 2.24) is 14.8 Å². The molecule has 0 unspecified atom stereocenters. The van der Waals surface area contributed by atoms with E-state index in [1.165, 1.54) is 0 Å². The van der Waals surface area contributed by atoms with Crippen LogP contribution in [-0.2, 0) is 14.3 Å². The molecule has 8 nitrogen and oxygen atoms in total. The van der Waals surface area contributed by atoms with Gasteiger partial charge >= 0.3 is 0 Å². The summed E-state index contributed by atoms with van der Waals surface area (Å²) in [7, 11) is 0. The lowest BCUT2D eigenvalue weighted by molar-refractivity contribution is -0.140. The van der Waals surface area contributed by atoms with Gasteiger partial charge in [0.1, 0.15) is 11.5 Å². The Morgan fingerprint density at radius 1 is 1.09 bits per heavy atom. The van der Waals surface area contributed by atoms with Gasteiger partial charge in [-0.1, -0.05) is 13.8 Å². The number of hydrogen-bond donors (Lipinski definition) is 1. The van der Waals surface area contributed by atoms with E-state index < -0.39 is 17.7 Å². The summed E-state index contributed by atoms with van der Waals surface area (Å²) in [6.45, 7) is 9.10. The SMILES string of the molecule is CC(C)COc1ccc(/C(O)=C2\C(=O)C(=O)N(CCCN3CCOCC3)[C@H]2c2ccncc2)cc1. The molecule has 0 bridgehead atoms. The van der Waals surface area contributed by atoms with Gasteiger partial charge in [-0.05, 0) is 54.3 Å². The van der Waals surface area contributed by atoms with Crippen LogP contribution in [0.1, 0.15) is 37.4 Å². The number of aromatic nitrogens is 1. The molecule has 3 heterocycles. The Hall–Kier alpha value is -3.23.